The Labute approximate surface area is 88.2 Å². The summed E-state index contributed by atoms with van der Waals surface area (Å²) in [7, 11) is 1.70. The number of hydrogen-bond donors (Lipinski definition) is 1. The zero-order chi connectivity index (χ0) is 10.8. The van der Waals surface area contributed by atoms with E-state index in [0.717, 1.165) is 25.6 Å². The molecular formula is C11H25NO2. The van der Waals surface area contributed by atoms with E-state index in [0.29, 0.717) is 6.61 Å². The van der Waals surface area contributed by atoms with Crippen molar-refractivity contribution in [2.75, 3.05) is 33.4 Å². The van der Waals surface area contributed by atoms with Gasteiger partial charge in [0.2, 0.25) is 0 Å². The van der Waals surface area contributed by atoms with Crippen LogP contribution in [0.15, 0.2) is 0 Å². The van der Waals surface area contributed by atoms with E-state index in [1.165, 1.54) is 6.42 Å². The standard InChI is InChI=1S/C11H25NO2/c1-10(2)5-6-12-7-8-14-11(3)9-13-4/h10-12H,5-9H2,1-4H3. The van der Waals surface area contributed by atoms with E-state index in [-0.39, 0.29) is 6.10 Å². The first-order valence-corrected chi connectivity index (χ1v) is 5.48. The van der Waals surface area contributed by atoms with Gasteiger partial charge in [0.15, 0.2) is 0 Å². The van der Waals surface area contributed by atoms with Crippen LogP contribution in [0, 0.1) is 5.92 Å². The van der Waals surface area contributed by atoms with Crippen LogP contribution in [-0.4, -0.2) is 39.5 Å². The molecule has 3 nitrogen and oxygen atoms in total. The summed E-state index contributed by atoms with van der Waals surface area (Å²) in [5.41, 5.74) is 0. The van der Waals surface area contributed by atoms with Crippen molar-refractivity contribution < 1.29 is 9.47 Å². The molecule has 14 heavy (non-hydrogen) atoms. The first kappa shape index (κ1) is 13.9. The lowest BCUT2D eigenvalue weighted by Crippen LogP contribution is -2.25. The summed E-state index contributed by atoms with van der Waals surface area (Å²) in [6, 6.07) is 0. The molecule has 0 aliphatic rings. The molecule has 86 valence electrons. The van der Waals surface area contributed by atoms with Gasteiger partial charge in [-0.1, -0.05) is 13.8 Å². The summed E-state index contributed by atoms with van der Waals surface area (Å²) in [6.45, 7) is 9.95. The summed E-state index contributed by atoms with van der Waals surface area (Å²) in [4.78, 5) is 0. The molecule has 0 bridgehead atoms. The normalized spacial score (nSPS) is 13.5. The lowest BCUT2D eigenvalue weighted by Gasteiger charge is -2.12. The molecule has 0 aliphatic heterocycles. The highest BCUT2D eigenvalue weighted by atomic mass is 16.5. The third-order valence-electron chi connectivity index (χ3n) is 1.98. The molecular weight excluding hydrogens is 178 g/mol. The van der Waals surface area contributed by atoms with Gasteiger partial charge < -0.3 is 14.8 Å². The molecule has 0 saturated carbocycles. The van der Waals surface area contributed by atoms with E-state index in [2.05, 4.69) is 19.2 Å². The predicted molar refractivity (Wildman–Crippen MR) is 59.6 cm³/mol. The van der Waals surface area contributed by atoms with Crippen molar-refractivity contribution in [2.24, 2.45) is 5.92 Å². The largest absolute Gasteiger partial charge is 0.382 e. The molecule has 1 N–H and O–H groups in total. The minimum Gasteiger partial charge on any atom is -0.382 e. The van der Waals surface area contributed by atoms with Crippen LogP contribution in [0.5, 0.6) is 0 Å². The van der Waals surface area contributed by atoms with Crippen LogP contribution >= 0.6 is 0 Å². The molecule has 0 rings (SSSR count). The van der Waals surface area contributed by atoms with Gasteiger partial charge in [-0.2, -0.15) is 0 Å². The molecule has 1 atom stereocenters. The Bertz CT molecular complexity index is 118. The molecule has 3 heteroatoms. The Morgan fingerprint density at radius 2 is 1.86 bits per heavy atom. The van der Waals surface area contributed by atoms with Crippen molar-refractivity contribution in [1.82, 2.24) is 5.32 Å². The minimum absolute atomic E-state index is 0.201. The van der Waals surface area contributed by atoms with Gasteiger partial charge in [-0.05, 0) is 25.8 Å². The lowest BCUT2D eigenvalue weighted by molar-refractivity contribution is 0.0107. The Balaban J connectivity index is 3.05. The van der Waals surface area contributed by atoms with E-state index < -0.39 is 0 Å². The van der Waals surface area contributed by atoms with Crippen molar-refractivity contribution in [2.45, 2.75) is 33.3 Å². The van der Waals surface area contributed by atoms with Gasteiger partial charge in [-0.15, -0.1) is 0 Å². The van der Waals surface area contributed by atoms with Crippen molar-refractivity contribution in [1.29, 1.82) is 0 Å². The highest BCUT2D eigenvalue weighted by molar-refractivity contribution is 4.52. The SMILES string of the molecule is COCC(C)OCCNCCC(C)C. The number of ether oxygens (including phenoxy) is 2. The smallest absolute Gasteiger partial charge is 0.0780 e. The van der Waals surface area contributed by atoms with Crippen molar-refractivity contribution >= 4 is 0 Å². The third-order valence-corrected chi connectivity index (χ3v) is 1.98. The Morgan fingerprint density at radius 1 is 1.14 bits per heavy atom. The average Bonchev–Trinajstić information content (AvgIpc) is 2.11. The molecule has 1 unspecified atom stereocenters. The Hall–Kier alpha value is -0.120. The molecule has 0 amide bonds. The maximum atomic E-state index is 5.50. The number of nitrogens with one attached hydrogen (secondary N) is 1. The average molecular weight is 203 g/mol. The fraction of sp³-hybridized carbons (Fsp3) is 1.00. The van der Waals surface area contributed by atoms with Crippen molar-refractivity contribution in [3.63, 3.8) is 0 Å². The van der Waals surface area contributed by atoms with Crippen LogP contribution in [0.3, 0.4) is 0 Å². The van der Waals surface area contributed by atoms with Crippen molar-refractivity contribution in [3.05, 3.63) is 0 Å². The summed E-state index contributed by atoms with van der Waals surface area (Å²) < 4.78 is 10.5. The van der Waals surface area contributed by atoms with Crippen LogP contribution < -0.4 is 5.32 Å². The fourth-order valence-corrected chi connectivity index (χ4v) is 1.13. The number of methoxy groups -OCH3 is 1. The zero-order valence-electron chi connectivity index (χ0n) is 10.0. The fourth-order valence-electron chi connectivity index (χ4n) is 1.13. The zero-order valence-corrected chi connectivity index (χ0v) is 10.0. The van der Waals surface area contributed by atoms with Crippen LogP contribution in [0.1, 0.15) is 27.2 Å². The minimum atomic E-state index is 0.201. The molecule has 0 aromatic heterocycles. The number of hydrogen-bond acceptors (Lipinski definition) is 3. The molecule has 0 aromatic rings. The first-order chi connectivity index (χ1) is 6.66. The molecule has 0 heterocycles. The van der Waals surface area contributed by atoms with Gasteiger partial charge in [-0.25, -0.2) is 0 Å². The highest BCUT2D eigenvalue weighted by Crippen LogP contribution is 1.96. The van der Waals surface area contributed by atoms with Crippen LogP contribution in [0.2, 0.25) is 0 Å². The van der Waals surface area contributed by atoms with Gasteiger partial charge in [0.1, 0.15) is 0 Å². The van der Waals surface area contributed by atoms with Crippen LogP contribution in [0.25, 0.3) is 0 Å². The molecule has 0 spiro atoms. The van der Waals surface area contributed by atoms with E-state index >= 15 is 0 Å². The second-order valence-electron chi connectivity index (χ2n) is 4.07. The van der Waals surface area contributed by atoms with Crippen LogP contribution in [-0.2, 0) is 9.47 Å². The molecule has 0 radical (unpaired) electrons. The monoisotopic (exact) mass is 203 g/mol. The second kappa shape index (κ2) is 9.44. The number of rotatable bonds is 9. The van der Waals surface area contributed by atoms with E-state index in [1.807, 2.05) is 6.92 Å². The van der Waals surface area contributed by atoms with Crippen molar-refractivity contribution in [3.8, 4) is 0 Å². The predicted octanol–water partition coefficient (Wildman–Crippen LogP) is 1.67. The van der Waals surface area contributed by atoms with Gasteiger partial charge in [0.05, 0.1) is 19.3 Å². The van der Waals surface area contributed by atoms with E-state index in [9.17, 15) is 0 Å². The maximum Gasteiger partial charge on any atom is 0.0780 e. The topological polar surface area (TPSA) is 30.5 Å². The van der Waals surface area contributed by atoms with E-state index in [1.54, 1.807) is 7.11 Å². The summed E-state index contributed by atoms with van der Waals surface area (Å²) in [6.07, 6.45) is 1.43. The Kier molecular flexibility index (Phi) is 9.35. The molecule has 0 saturated heterocycles. The third kappa shape index (κ3) is 9.96. The molecule has 0 aromatic carbocycles. The highest BCUT2D eigenvalue weighted by Gasteiger charge is 1.99. The van der Waals surface area contributed by atoms with Gasteiger partial charge >= 0.3 is 0 Å². The Morgan fingerprint density at radius 3 is 2.43 bits per heavy atom. The first-order valence-electron chi connectivity index (χ1n) is 5.48. The van der Waals surface area contributed by atoms with Gasteiger partial charge in [0.25, 0.3) is 0 Å². The van der Waals surface area contributed by atoms with E-state index in [4.69, 9.17) is 9.47 Å². The lowest BCUT2D eigenvalue weighted by atomic mass is 10.1. The molecule has 0 fully saturated rings. The van der Waals surface area contributed by atoms with Gasteiger partial charge in [-0.3, -0.25) is 0 Å². The molecule has 0 aliphatic carbocycles. The summed E-state index contributed by atoms with van der Waals surface area (Å²) in [5, 5.41) is 3.35. The van der Waals surface area contributed by atoms with Gasteiger partial charge in [0, 0.05) is 13.7 Å². The quantitative estimate of drug-likeness (QED) is 0.578. The van der Waals surface area contributed by atoms with Crippen LogP contribution in [0.4, 0.5) is 0 Å². The summed E-state index contributed by atoms with van der Waals surface area (Å²) >= 11 is 0. The summed E-state index contributed by atoms with van der Waals surface area (Å²) in [5.74, 6) is 0.774. The maximum absolute atomic E-state index is 5.50. The second-order valence-corrected chi connectivity index (χ2v) is 4.07.